The van der Waals surface area contributed by atoms with Crippen molar-refractivity contribution in [3.8, 4) is 16.9 Å². The zero-order chi connectivity index (χ0) is 14.7. The summed E-state index contributed by atoms with van der Waals surface area (Å²) in [5.41, 5.74) is 7.78. The number of hydrogen-bond donors (Lipinski definition) is 1. The van der Waals surface area contributed by atoms with Gasteiger partial charge in [0.25, 0.3) is 0 Å². The summed E-state index contributed by atoms with van der Waals surface area (Å²) in [4.78, 5) is 4.96. The Balaban J connectivity index is 1.75. The van der Waals surface area contributed by atoms with E-state index in [-0.39, 0.29) is 0 Å². The van der Waals surface area contributed by atoms with E-state index in [1.54, 1.807) is 6.20 Å². The van der Waals surface area contributed by atoms with Gasteiger partial charge in [-0.25, -0.2) is 4.98 Å². The van der Waals surface area contributed by atoms with Gasteiger partial charge in [0.15, 0.2) is 5.13 Å². The van der Waals surface area contributed by atoms with Gasteiger partial charge in [-0.1, -0.05) is 59.3 Å². The highest BCUT2D eigenvalue weighted by Crippen LogP contribution is 2.31. The van der Waals surface area contributed by atoms with Gasteiger partial charge in [0, 0.05) is 6.20 Å². The van der Waals surface area contributed by atoms with E-state index in [0.717, 1.165) is 16.0 Å². The van der Waals surface area contributed by atoms with Crippen molar-refractivity contribution < 1.29 is 4.74 Å². The predicted octanol–water partition coefficient (Wildman–Crippen LogP) is 4.62. The van der Waals surface area contributed by atoms with Crippen LogP contribution in [0.3, 0.4) is 0 Å². The Morgan fingerprint density at radius 2 is 1.90 bits per heavy atom. The van der Waals surface area contributed by atoms with Crippen LogP contribution in [0.1, 0.15) is 4.88 Å². The number of halogens is 1. The maximum Gasteiger partial charge on any atom is 0.180 e. The van der Waals surface area contributed by atoms with E-state index in [1.165, 1.54) is 11.3 Å². The van der Waals surface area contributed by atoms with E-state index in [2.05, 4.69) is 4.98 Å². The molecule has 1 aromatic heterocycles. The van der Waals surface area contributed by atoms with Gasteiger partial charge in [-0.15, -0.1) is 0 Å². The summed E-state index contributed by atoms with van der Waals surface area (Å²) in [6.45, 7) is 0.416. The molecule has 0 atom stereocenters. The molecule has 0 aliphatic carbocycles. The van der Waals surface area contributed by atoms with Crippen LogP contribution in [0.4, 0.5) is 5.13 Å². The first kappa shape index (κ1) is 13.9. The highest BCUT2D eigenvalue weighted by Gasteiger charge is 2.06. The number of thiazole rings is 1. The van der Waals surface area contributed by atoms with Crippen molar-refractivity contribution in [3.63, 3.8) is 0 Å². The number of anilines is 1. The number of rotatable bonds is 4. The van der Waals surface area contributed by atoms with Crippen LogP contribution in [0, 0.1) is 0 Å². The molecule has 0 bridgehead atoms. The minimum atomic E-state index is 0.416. The smallest absolute Gasteiger partial charge is 0.180 e. The lowest BCUT2D eigenvalue weighted by Gasteiger charge is -2.08. The van der Waals surface area contributed by atoms with Gasteiger partial charge in [-0.3, -0.25) is 0 Å². The molecular weight excluding hydrogens is 304 g/mol. The summed E-state index contributed by atoms with van der Waals surface area (Å²) in [5, 5.41) is 1.13. The van der Waals surface area contributed by atoms with Gasteiger partial charge in [0.1, 0.15) is 12.4 Å². The summed E-state index contributed by atoms with van der Waals surface area (Å²) in [6.07, 6.45) is 1.71. The molecule has 5 heteroatoms. The van der Waals surface area contributed by atoms with Gasteiger partial charge in [0.2, 0.25) is 0 Å². The molecule has 2 aromatic carbocycles. The Bertz CT molecular complexity index is 743. The first-order valence-electron chi connectivity index (χ1n) is 6.40. The van der Waals surface area contributed by atoms with Gasteiger partial charge in [-0.2, -0.15) is 0 Å². The zero-order valence-corrected chi connectivity index (χ0v) is 12.7. The van der Waals surface area contributed by atoms with Crippen molar-refractivity contribution in [2.45, 2.75) is 6.61 Å². The molecular formula is C16H13ClN2OS. The highest BCUT2D eigenvalue weighted by molar-refractivity contribution is 7.15. The van der Waals surface area contributed by atoms with Crippen LogP contribution in [-0.4, -0.2) is 4.98 Å². The minimum absolute atomic E-state index is 0.416. The number of aromatic nitrogens is 1. The Morgan fingerprint density at radius 3 is 2.57 bits per heavy atom. The van der Waals surface area contributed by atoms with E-state index in [4.69, 9.17) is 22.1 Å². The Morgan fingerprint density at radius 1 is 1.10 bits per heavy atom. The van der Waals surface area contributed by atoms with E-state index >= 15 is 0 Å². The summed E-state index contributed by atoms with van der Waals surface area (Å²) >= 11 is 7.70. The summed E-state index contributed by atoms with van der Waals surface area (Å²) in [5.74, 6) is 0.656. The molecule has 1 heterocycles. The molecule has 2 N–H and O–H groups in total. The molecule has 0 saturated heterocycles. The first-order chi connectivity index (χ1) is 10.2. The second-order valence-electron chi connectivity index (χ2n) is 4.46. The zero-order valence-electron chi connectivity index (χ0n) is 11.1. The molecule has 0 radical (unpaired) electrons. The number of ether oxygens (including phenoxy) is 1. The second kappa shape index (κ2) is 6.16. The molecule has 0 aliphatic heterocycles. The molecule has 0 fully saturated rings. The predicted molar refractivity (Wildman–Crippen MR) is 87.7 cm³/mol. The van der Waals surface area contributed by atoms with E-state index in [9.17, 15) is 0 Å². The largest absolute Gasteiger partial charge is 0.486 e. The summed E-state index contributed by atoms with van der Waals surface area (Å²) in [6, 6.07) is 15.9. The third-order valence-electron chi connectivity index (χ3n) is 2.98. The van der Waals surface area contributed by atoms with Crippen LogP contribution in [-0.2, 0) is 6.61 Å². The molecule has 3 aromatic rings. The average Bonchev–Trinajstić information content (AvgIpc) is 2.92. The minimum Gasteiger partial charge on any atom is -0.486 e. The average molecular weight is 317 g/mol. The Hall–Kier alpha value is -2.04. The summed E-state index contributed by atoms with van der Waals surface area (Å²) < 4.78 is 5.71. The lowest BCUT2D eigenvalue weighted by molar-refractivity contribution is 0.310. The fraction of sp³-hybridized carbons (Fsp3) is 0.0625. The molecule has 21 heavy (non-hydrogen) atoms. The fourth-order valence-corrected chi connectivity index (χ4v) is 2.80. The molecule has 0 saturated carbocycles. The van der Waals surface area contributed by atoms with Gasteiger partial charge >= 0.3 is 0 Å². The number of nitrogens with two attached hydrogens (primary N) is 1. The van der Waals surface area contributed by atoms with Gasteiger partial charge in [-0.05, 0) is 23.3 Å². The van der Waals surface area contributed by atoms with E-state index in [0.29, 0.717) is 22.5 Å². The Labute approximate surface area is 132 Å². The quantitative estimate of drug-likeness (QED) is 0.763. The lowest BCUT2D eigenvalue weighted by Crippen LogP contribution is -1.93. The maximum atomic E-state index is 6.29. The topological polar surface area (TPSA) is 48.1 Å². The van der Waals surface area contributed by atoms with Crippen molar-refractivity contribution in [2.75, 3.05) is 5.73 Å². The number of hydrogen-bond acceptors (Lipinski definition) is 4. The molecule has 106 valence electrons. The third kappa shape index (κ3) is 3.35. The third-order valence-corrected chi connectivity index (χ3v) is 4.08. The van der Waals surface area contributed by atoms with E-state index in [1.807, 2.05) is 48.5 Å². The van der Waals surface area contributed by atoms with Gasteiger partial charge < -0.3 is 10.5 Å². The number of nitrogen functional groups attached to an aromatic ring is 1. The molecule has 0 aliphatic rings. The number of nitrogens with zero attached hydrogens (tertiary/aromatic N) is 1. The van der Waals surface area contributed by atoms with Crippen molar-refractivity contribution in [1.29, 1.82) is 0 Å². The number of benzene rings is 2. The van der Waals surface area contributed by atoms with Crippen LogP contribution in [0.2, 0.25) is 5.02 Å². The molecule has 3 nitrogen and oxygen atoms in total. The summed E-state index contributed by atoms with van der Waals surface area (Å²) in [7, 11) is 0. The van der Waals surface area contributed by atoms with Gasteiger partial charge in [0.05, 0.1) is 9.90 Å². The molecule has 0 spiro atoms. The molecule has 0 unspecified atom stereocenters. The van der Waals surface area contributed by atoms with Crippen molar-refractivity contribution in [1.82, 2.24) is 4.98 Å². The monoisotopic (exact) mass is 316 g/mol. The SMILES string of the molecule is Nc1ncc(COc2ccc(-c3ccccc3)cc2Cl)s1. The van der Waals surface area contributed by atoms with Crippen molar-refractivity contribution >= 4 is 28.1 Å². The fourth-order valence-electron chi connectivity index (χ4n) is 1.97. The van der Waals surface area contributed by atoms with Crippen molar-refractivity contribution in [3.05, 3.63) is 64.6 Å². The molecule has 3 rings (SSSR count). The maximum absolute atomic E-state index is 6.29. The van der Waals surface area contributed by atoms with Crippen LogP contribution in [0.5, 0.6) is 5.75 Å². The van der Waals surface area contributed by atoms with Crippen LogP contribution in [0.25, 0.3) is 11.1 Å². The van der Waals surface area contributed by atoms with E-state index < -0.39 is 0 Å². The second-order valence-corrected chi connectivity index (χ2v) is 6.02. The van der Waals surface area contributed by atoms with Crippen LogP contribution >= 0.6 is 22.9 Å². The standard InChI is InChI=1S/C16H13ClN2OS/c17-14-8-12(11-4-2-1-3-5-11)6-7-15(14)20-10-13-9-19-16(18)21-13/h1-9H,10H2,(H2,18,19). The highest BCUT2D eigenvalue weighted by atomic mass is 35.5. The van der Waals surface area contributed by atoms with Crippen molar-refractivity contribution in [2.24, 2.45) is 0 Å². The lowest BCUT2D eigenvalue weighted by atomic mass is 10.1. The Kier molecular flexibility index (Phi) is 4.08. The van der Waals surface area contributed by atoms with Crippen LogP contribution < -0.4 is 10.5 Å². The van der Waals surface area contributed by atoms with Crippen LogP contribution in [0.15, 0.2) is 54.7 Å². The first-order valence-corrected chi connectivity index (χ1v) is 7.60. The normalized spacial score (nSPS) is 10.5. The molecule has 0 amide bonds.